The van der Waals surface area contributed by atoms with Gasteiger partial charge in [-0.15, -0.1) is 0 Å². The highest BCUT2D eigenvalue weighted by molar-refractivity contribution is 5.70. The maximum Gasteiger partial charge on any atom is 0.307 e. The lowest BCUT2D eigenvalue weighted by Crippen LogP contribution is -2.25. The fourth-order valence-electron chi connectivity index (χ4n) is 2.49. The van der Waals surface area contributed by atoms with Gasteiger partial charge in [-0.1, -0.05) is 25.8 Å². The van der Waals surface area contributed by atoms with E-state index in [0.717, 1.165) is 25.3 Å². The second-order valence-corrected chi connectivity index (χ2v) is 5.41. The van der Waals surface area contributed by atoms with Gasteiger partial charge >= 0.3 is 5.97 Å². The Morgan fingerprint density at radius 2 is 2.10 bits per heavy atom. The van der Waals surface area contributed by atoms with Crippen molar-refractivity contribution in [1.82, 2.24) is 0 Å². The number of benzene rings is 1. The van der Waals surface area contributed by atoms with Crippen molar-refractivity contribution in [2.45, 2.75) is 39.0 Å². The molecule has 1 aromatic rings. The molecular formula is C16H23F2NO2. The quantitative estimate of drug-likeness (QED) is 0.735. The van der Waals surface area contributed by atoms with E-state index in [1.165, 1.54) is 12.1 Å². The first-order valence-electron chi connectivity index (χ1n) is 7.34. The fourth-order valence-corrected chi connectivity index (χ4v) is 2.49. The zero-order valence-electron chi connectivity index (χ0n) is 12.3. The van der Waals surface area contributed by atoms with E-state index in [1.54, 1.807) is 0 Å². The Morgan fingerprint density at radius 3 is 2.62 bits per heavy atom. The number of carboxylic acid groups (broad SMARTS) is 1. The van der Waals surface area contributed by atoms with Crippen LogP contribution in [0.25, 0.3) is 0 Å². The molecule has 0 amide bonds. The van der Waals surface area contributed by atoms with Gasteiger partial charge in [-0.3, -0.25) is 4.79 Å². The maximum absolute atomic E-state index is 13.5. The standard InChI is InChI=1S/C16H23F2NO2/c1-2-11(8-13(10-19)16(20)21)4-3-5-12-6-7-14(17)9-15(12)18/h6-7,9,11,13H,2-5,8,10,19H2,1H3,(H,20,21)/t11-,13-/m0/s1. The van der Waals surface area contributed by atoms with Gasteiger partial charge in [0.2, 0.25) is 0 Å². The molecule has 0 fully saturated rings. The predicted octanol–water partition coefficient (Wildman–Crippen LogP) is 3.36. The summed E-state index contributed by atoms with van der Waals surface area (Å²) in [4.78, 5) is 11.0. The van der Waals surface area contributed by atoms with Crippen LogP contribution in [0, 0.1) is 23.5 Å². The van der Waals surface area contributed by atoms with Gasteiger partial charge in [0.05, 0.1) is 5.92 Å². The summed E-state index contributed by atoms with van der Waals surface area (Å²) in [5, 5.41) is 9.02. The van der Waals surface area contributed by atoms with Crippen molar-refractivity contribution >= 4 is 5.97 Å². The molecule has 0 aromatic heterocycles. The molecule has 1 rings (SSSR count). The molecule has 1 aromatic carbocycles. The van der Waals surface area contributed by atoms with Gasteiger partial charge in [-0.2, -0.15) is 0 Å². The third kappa shape index (κ3) is 5.79. The van der Waals surface area contributed by atoms with Gasteiger partial charge in [-0.05, 0) is 36.8 Å². The molecule has 0 radical (unpaired) electrons. The van der Waals surface area contributed by atoms with Crippen LogP contribution in [0.3, 0.4) is 0 Å². The van der Waals surface area contributed by atoms with Crippen LogP contribution in [0.4, 0.5) is 8.78 Å². The first-order valence-corrected chi connectivity index (χ1v) is 7.34. The molecule has 2 atom stereocenters. The van der Waals surface area contributed by atoms with Crippen LogP contribution < -0.4 is 5.73 Å². The summed E-state index contributed by atoms with van der Waals surface area (Å²) in [6.07, 6.45) is 3.52. The largest absolute Gasteiger partial charge is 0.481 e. The lowest BCUT2D eigenvalue weighted by molar-refractivity contribution is -0.142. The third-order valence-corrected chi connectivity index (χ3v) is 3.90. The molecule has 0 saturated heterocycles. The van der Waals surface area contributed by atoms with E-state index in [-0.39, 0.29) is 12.5 Å². The monoisotopic (exact) mass is 299 g/mol. The minimum absolute atomic E-state index is 0.137. The van der Waals surface area contributed by atoms with Gasteiger partial charge in [0.15, 0.2) is 0 Å². The van der Waals surface area contributed by atoms with E-state index in [2.05, 4.69) is 0 Å². The molecule has 0 bridgehead atoms. The molecule has 0 unspecified atom stereocenters. The van der Waals surface area contributed by atoms with E-state index in [1.807, 2.05) is 6.92 Å². The van der Waals surface area contributed by atoms with Crippen molar-refractivity contribution in [2.75, 3.05) is 6.54 Å². The topological polar surface area (TPSA) is 63.3 Å². The Morgan fingerprint density at radius 1 is 1.38 bits per heavy atom. The summed E-state index contributed by atoms with van der Waals surface area (Å²) >= 11 is 0. The smallest absolute Gasteiger partial charge is 0.307 e. The van der Waals surface area contributed by atoms with Gasteiger partial charge < -0.3 is 10.8 Å². The summed E-state index contributed by atoms with van der Waals surface area (Å²) < 4.78 is 26.3. The average molecular weight is 299 g/mol. The number of hydrogen-bond acceptors (Lipinski definition) is 2. The lowest BCUT2D eigenvalue weighted by Gasteiger charge is -2.18. The molecule has 0 heterocycles. The van der Waals surface area contributed by atoms with Crippen LogP contribution in [-0.2, 0) is 11.2 Å². The second-order valence-electron chi connectivity index (χ2n) is 5.41. The number of rotatable bonds is 9. The van der Waals surface area contributed by atoms with Crippen LogP contribution in [0.15, 0.2) is 18.2 Å². The number of aliphatic carboxylic acids is 1. The summed E-state index contributed by atoms with van der Waals surface area (Å²) in [6, 6.07) is 3.61. The third-order valence-electron chi connectivity index (χ3n) is 3.90. The number of halogens is 2. The zero-order chi connectivity index (χ0) is 15.8. The van der Waals surface area contributed by atoms with Crippen molar-refractivity contribution in [2.24, 2.45) is 17.6 Å². The van der Waals surface area contributed by atoms with Crippen LogP contribution >= 0.6 is 0 Å². The second kappa shape index (κ2) is 8.72. The van der Waals surface area contributed by atoms with Gasteiger partial charge in [0.1, 0.15) is 11.6 Å². The van der Waals surface area contributed by atoms with Gasteiger partial charge in [0, 0.05) is 12.6 Å². The van der Waals surface area contributed by atoms with E-state index in [0.29, 0.717) is 18.4 Å². The summed E-state index contributed by atoms with van der Waals surface area (Å²) in [5.41, 5.74) is 5.96. The van der Waals surface area contributed by atoms with E-state index < -0.39 is 23.5 Å². The Bertz CT molecular complexity index is 466. The van der Waals surface area contributed by atoms with E-state index in [9.17, 15) is 13.6 Å². The number of hydrogen-bond donors (Lipinski definition) is 2. The molecule has 3 nitrogen and oxygen atoms in total. The SMILES string of the molecule is CC[C@@H](CCCc1ccc(F)cc1F)C[C@@H](CN)C(=O)O. The normalized spacial score (nSPS) is 13.9. The van der Waals surface area contributed by atoms with Gasteiger partial charge in [-0.25, -0.2) is 8.78 Å². The minimum Gasteiger partial charge on any atom is -0.481 e. The Balaban J connectivity index is 2.46. The molecule has 118 valence electrons. The minimum atomic E-state index is -0.861. The Kier molecular flexibility index (Phi) is 7.29. The summed E-state index contributed by atoms with van der Waals surface area (Å²) in [6.45, 7) is 2.15. The molecule has 5 heteroatoms. The van der Waals surface area contributed by atoms with Crippen LogP contribution in [-0.4, -0.2) is 17.6 Å². The number of nitrogens with two attached hydrogens (primary N) is 1. The highest BCUT2D eigenvalue weighted by Gasteiger charge is 2.20. The first kappa shape index (κ1) is 17.6. The van der Waals surface area contributed by atoms with Crippen molar-refractivity contribution in [3.63, 3.8) is 0 Å². The van der Waals surface area contributed by atoms with Gasteiger partial charge in [0.25, 0.3) is 0 Å². The zero-order valence-corrected chi connectivity index (χ0v) is 12.3. The van der Waals surface area contributed by atoms with Crippen molar-refractivity contribution in [1.29, 1.82) is 0 Å². The average Bonchev–Trinajstić information content (AvgIpc) is 2.44. The van der Waals surface area contributed by atoms with Crippen LogP contribution in [0.1, 0.15) is 38.2 Å². The molecule has 0 saturated carbocycles. The van der Waals surface area contributed by atoms with Crippen LogP contribution in [0.2, 0.25) is 0 Å². The molecule has 0 spiro atoms. The van der Waals surface area contributed by atoms with E-state index in [4.69, 9.17) is 10.8 Å². The Labute approximate surface area is 124 Å². The Hall–Kier alpha value is -1.49. The maximum atomic E-state index is 13.5. The highest BCUT2D eigenvalue weighted by atomic mass is 19.1. The highest BCUT2D eigenvalue weighted by Crippen LogP contribution is 2.22. The molecule has 3 N–H and O–H groups in total. The fraction of sp³-hybridized carbons (Fsp3) is 0.562. The molecule has 0 aliphatic heterocycles. The van der Waals surface area contributed by atoms with Crippen molar-refractivity contribution < 1.29 is 18.7 Å². The van der Waals surface area contributed by atoms with Crippen molar-refractivity contribution in [3.8, 4) is 0 Å². The summed E-state index contributed by atoms with van der Waals surface area (Å²) in [5.74, 6) is -2.21. The predicted molar refractivity (Wildman–Crippen MR) is 77.9 cm³/mol. The molecule has 0 aliphatic carbocycles. The lowest BCUT2D eigenvalue weighted by atomic mass is 9.88. The number of carboxylic acids is 1. The first-order chi connectivity index (χ1) is 9.97. The number of aryl methyl sites for hydroxylation is 1. The van der Waals surface area contributed by atoms with Crippen LogP contribution in [0.5, 0.6) is 0 Å². The molecule has 0 aliphatic rings. The summed E-state index contributed by atoms with van der Waals surface area (Å²) in [7, 11) is 0. The van der Waals surface area contributed by atoms with E-state index >= 15 is 0 Å². The number of carbonyl (C=O) groups is 1. The molecule has 21 heavy (non-hydrogen) atoms. The van der Waals surface area contributed by atoms with Crippen molar-refractivity contribution in [3.05, 3.63) is 35.4 Å². The molecular weight excluding hydrogens is 276 g/mol.